The minimum absolute atomic E-state index is 0.0775. The SMILES string of the molecule is Nc1ccc(CNc2cc(F)c(Cl)cc2[N+](=O)[O-])cc1. The van der Waals surface area contributed by atoms with Crippen LogP contribution in [0.4, 0.5) is 21.5 Å². The van der Waals surface area contributed by atoms with Gasteiger partial charge in [-0.15, -0.1) is 0 Å². The fourth-order valence-corrected chi connectivity index (χ4v) is 1.82. The molecule has 0 unspecified atom stereocenters. The fourth-order valence-electron chi connectivity index (χ4n) is 1.66. The lowest BCUT2D eigenvalue weighted by Gasteiger charge is -2.08. The summed E-state index contributed by atoms with van der Waals surface area (Å²) in [4.78, 5) is 10.3. The van der Waals surface area contributed by atoms with Crippen LogP contribution in [0.3, 0.4) is 0 Å². The van der Waals surface area contributed by atoms with E-state index in [1.54, 1.807) is 24.3 Å². The molecule has 0 fully saturated rings. The van der Waals surface area contributed by atoms with Crippen molar-refractivity contribution in [2.24, 2.45) is 0 Å². The van der Waals surface area contributed by atoms with Gasteiger partial charge in [-0.05, 0) is 17.7 Å². The van der Waals surface area contributed by atoms with Gasteiger partial charge in [0.25, 0.3) is 5.69 Å². The molecule has 0 atom stereocenters. The van der Waals surface area contributed by atoms with Crippen LogP contribution in [0.5, 0.6) is 0 Å². The van der Waals surface area contributed by atoms with Gasteiger partial charge in [0.2, 0.25) is 0 Å². The standard InChI is InChI=1S/C13H11ClFN3O2/c14-10-5-13(18(19)20)12(6-11(10)15)17-7-8-1-3-9(16)4-2-8/h1-6,17H,7,16H2. The molecule has 3 N–H and O–H groups in total. The van der Waals surface area contributed by atoms with E-state index in [9.17, 15) is 14.5 Å². The summed E-state index contributed by atoms with van der Waals surface area (Å²) in [6.07, 6.45) is 0. The maximum absolute atomic E-state index is 13.4. The van der Waals surface area contributed by atoms with Crippen molar-refractivity contribution < 1.29 is 9.31 Å². The largest absolute Gasteiger partial charge is 0.399 e. The number of nitrogens with one attached hydrogen (secondary N) is 1. The molecule has 0 aromatic heterocycles. The highest BCUT2D eigenvalue weighted by Crippen LogP contribution is 2.30. The van der Waals surface area contributed by atoms with Gasteiger partial charge < -0.3 is 11.1 Å². The molecule has 2 aromatic carbocycles. The molecular formula is C13H11ClFN3O2. The number of anilines is 2. The molecule has 0 aliphatic rings. The van der Waals surface area contributed by atoms with Gasteiger partial charge >= 0.3 is 0 Å². The third-order valence-electron chi connectivity index (χ3n) is 2.70. The number of hydrogen-bond acceptors (Lipinski definition) is 4. The van der Waals surface area contributed by atoms with Crippen LogP contribution in [-0.4, -0.2) is 4.92 Å². The normalized spacial score (nSPS) is 10.3. The predicted molar refractivity (Wildman–Crippen MR) is 76.2 cm³/mol. The maximum Gasteiger partial charge on any atom is 0.294 e. The van der Waals surface area contributed by atoms with E-state index in [-0.39, 0.29) is 16.4 Å². The fraction of sp³-hybridized carbons (Fsp3) is 0.0769. The number of nitro groups is 1. The number of halogens is 2. The first-order valence-corrected chi connectivity index (χ1v) is 6.07. The van der Waals surface area contributed by atoms with Crippen LogP contribution in [0.15, 0.2) is 36.4 Å². The number of benzene rings is 2. The van der Waals surface area contributed by atoms with Crippen molar-refractivity contribution in [2.75, 3.05) is 11.1 Å². The van der Waals surface area contributed by atoms with Crippen molar-refractivity contribution in [3.8, 4) is 0 Å². The van der Waals surface area contributed by atoms with E-state index in [4.69, 9.17) is 17.3 Å². The first kappa shape index (κ1) is 14.1. The average Bonchev–Trinajstić information content (AvgIpc) is 2.41. The smallest absolute Gasteiger partial charge is 0.294 e. The van der Waals surface area contributed by atoms with Gasteiger partial charge in [-0.25, -0.2) is 4.39 Å². The Morgan fingerprint density at radius 2 is 1.95 bits per heavy atom. The topological polar surface area (TPSA) is 81.2 Å². The molecule has 0 radical (unpaired) electrons. The molecule has 0 aliphatic carbocycles. The number of nitrogens with zero attached hydrogens (tertiary/aromatic N) is 1. The second-order valence-corrected chi connectivity index (χ2v) is 4.54. The minimum atomic E-state index is -0.711. The van der Waals surface area contributed by atoms with Crippen molar-refractivity contribution in [3.63, 3.8) is 0 Å². The molecular weight excluding hydrogens is 285 g/mol. The summed E-state index contributed by atoms with van der Waals surface area (Å²) in [7, 11) is 0. The monoisotopic (exact) mass is 295 g/mol. The second kappa shape index (κ2) is 5.75. The molecule has 7 heteroatoms. The molecule has 5 nitrogen and oxygen atoms in total. The lowest BCUT2D eigenvalue weighted by Crippen LogP contribution is -2.03. The van der Waals surface area contributed by atoms with Crippen LogP contribution in [0, 0.1) is 15.9 Å². The molecule has 0 amide bonds. The van der Waals surface area contributed by atoms with Crippen LogP contribution in [0.2, 0.25) is 5.02 Å². The molecule has 0 bridgehead atoms. The molecule has 0 spiro atoms. The lowest BCUT2D eigenvalue weighted by atomic mass is 10.2. The summed E-state index contributed by atoms with van der Waals surface area (Å²) in [5.41, 5.74) is 6.85. The molecule has 20 heavy (non-hydrogen) atoms. The zero-order chi connectivity index (χ0) is 14.7. The second-order valence-electron chi connectivity index (χ2n) is 4.14. The van der Waals surface area contributed by atoms with E-state index in [1.807, 2.05) is 0 Å². The minimum Gasteiger partial charge on any atom is -0.399 e. The number of nitrogens with two attached hydrogens (primary N) is 1. The van der Waals surface area contributed by atoms with Gasteiger partial charge in [-0.1, -0.05) is 23.7 Å². The number of nitrogen functional groups attached to an aromatic ring is 1. The lowest BCUT2D eigenvalue weighted by molar-refractivity contribution is -0.384. The van der Waals surface area contributed by atoms with E-state index >= 15 is 0 Å². The summed E-state index contributed by atoms with van der Waals surface area (Å²) in [6.45, 7) is 0.308. The number of hydrogen-bond donors (Lipinski definition) is 2. The van der Waals surface area contributed by atoms with E-state index in [2.05, 4.69) is 5.32 Å². The van der Waals surface area contributed by atoms with Crippen LogP contribution in [0.1, 0.15) is 5.56 Å². The van der Waals surface area contributed by atoms with Crippen molar-refractivity contribution in [1.82, 2.24) is 0 Å². The first-order valence-electron chi connectivity index (χ1n) is 5.69. The Morgan fingerprint density at radius 1 is 1.30 bits per heavy atom. The van der Waals surface area contributed by atoms with E-state index in [1.165, 1.54) is 0 Å². The van der Waals surface area contributed by atoms with Crippen LogP contribution < -0.4 is 11.1 Å². The Kier molecular flexibility index (Phi) is 4.05. The van der Waals surface area contributed by atoms with Gasteiger partial charge in [0.05, 0.1) is 9.95 Å². The quantitative estimate of drug-likeness (QED) is 0.513. The highest BCUT2D eigenvalue weighted by atomic mass is 35.5. The van der Waals surface area contributed by atoms with Gasteiger partial charge in [0, 0.05) is 24.4 Å². The third kappa shape index (κ3) is 3.16. The molecule has 0 saturated carbocycles. The Morgan fingerprint density at radius 3 is 2.55 bits per heavy atom. The Hall–Kier alpha value is -2.34. The van der Waals surface area contributed by atoms with Gasteiger partial charge in [-0.3, -0.25) is 10.1 Å². The van der Waals surface area contributed by atoms with E-state index in [0.717, 1.165) is 17.7 Å². The molecule has 0 aliphatic heterocycles. The predicted octanol–water partition coefficient (Wildman–Crippen LogP) is 3.58. The zero-order valence-corrected chi connectivity index (χ0v) is 11.0. The van der Waals surface area contributed by atoms with Crippen LogP contribution in [0.25, 0.3) is 0 Å². The van der Waals surface area contributed by atoms with Crippen molar-refractivity contribution in [3.05, 3.63) is 62.9 Å². The van der Waals surface area contributed by atoms with Gasteiger partial charge in [0.1, 0.15) is 11.5 Å². The summed E-state index contributed by atoms with van der Waals surface area (Å²) < 4.78 is 13.4. The van der Waals surface area contributed by atoms with Crippen molar-refractivity contribution in [1.29, 1.82) is 0 Å². The Labute approximate surface area is 119 Å². The molecule has 2 rings (SSSR count). The summed E-state index contributed by atoms with van der Waals surface area (Å²) >= 11 is 5.54. The number of rotatable bonds is 4. The molecule has 104 valence electrons. The Bertz CT molecular complexity index is 647. The van der Waals surface area contributed by atoms with Crippen molar-refractivity contribution >= 4 is 28.7 Å². The van der Waals surface area contributed by atoms with Gasteiger partial charge in [-0.2, -0.15) is 0 Å². The molecule has 0 heterocycles. The highest BCUT2D eigenvalue weighted by molar-refractivity contribution is 6.31. The number of nitro benzene ring substituents is 1. The van der Waals surface area contributed by atoms with Crippen LogP contribution >= 0.6 is 11.6 Å². The summed E-state index contributed by atoms with van der Waals surface area (Å²) in [5, 5.41) is 13.4. The zero-order valence-electron chi connectivity index (χ0n) is 10.3. The van der Waals surface area contributed by atoms with E-state index < -0.39 is 10.7 Å². The Balaban J connectivity index is 2.22. The highest BCUT2D eigenvalue weighted by Gasteiger charge is 2.17. The maximum atomic E-state index is 13.4. The third-order valence-corrected chi connectivity index (χ3v) is 2.99. The molecule has 0 saturated heterocycles. The van der Waals surface area contributed by atoms with Crippen molar-refractivity contribution in [2.45, 2.75) is 6.54 Å². The summed E-state index contributed by atoms with van der Waals surface area (Å²) in [5.74, 6) is -0.711. The first-order chi connectivity index (χ1) is 9.47. The van der Waals surface area contributed by atoms with E-state index in [0.29, 0.717) is 12.2 Å². The molecule has 2 aromatic rings. The summed E-state index contributed by atoms with van der Waals surface area (Å²) in [6, 6.07) is 8.99. The van der Waals surface area contributed by atoms with Gasteiger partial charge in [0.15, 0.2) is 0 Å². The average molecular weight is 296 g/mol. The van der Waals surface area contributed by atoms with Crippen LogP contribution in [-0.2, 0) is 6.54 Å².